The maximum absolute atomic E-state index is 10.6. The molecule has 1 aromatic carbocycles. The second-order valence-electron chi connectivity index (χ2n) is 2.70. The summed E-state index contributed by atoms with van der Waals surface area (Å²) in [6.45, 7) is 0. The van der Waals surface area contributed by atoms with Crippen LogP contribution in [0.15, 0.2) is 23.1 Å². The van der Waals surface area contributed by atoms with Gasteiger partial charge in [0.2, 0.25) is 5.91 Å². The Kier molecular flexibility index (Phi) is 4.30. The summed E-state index contributed by atoms with van der Waals surface area (Å²) < 4.78 is 10.3. The van der Waals surface area contributed by atoms with Crippen LogP contribution in [0.2, 0.25) is 0 Å². The first-order valence-electron chi connectivity index (χ1n) is 4.27. The van der Waals surface area contributed by atoms with Gasteiger partial charge < -0.3 is 9.47 Å². The molecule has 0 aliphatic rings. The molecule has 0 heterocycles. The molecule has 5 heteroatoms. The molecule has 0 spiro atoms. The fourth-order valence-corrected chi connectivity index (χ4v) is 1.96. The molecule has 1 rings (SSSR count). The Hall–Kier alpha value is -1.36. The van der Waals surface area contributed by atoms with Gasteiger partial charge in [0, 0.05) is 0 Å². The number of hydrogen-bond acceptors (Lipinski definition) is 4. The average Bonchev–Trinajstić information content (AvgIpc) is 2.25. The van der Waals surface area contributed by atoms with Gasteiger partial charge in [-0.15, -0.1) is 11.8 Å². The molecule has 0 bridgehead atoms. The molecule has 1 radical (unpaired) electrons. The fourth-order valence-electron chi connectivity index (χ4n) is 1.10. The molecule has 0 aliphatic carbocycles. The molecule has 0 unspecified atom stereocenters. The number of hydrogen-bond donors (Lipinski definition) is 0. The van der Waals surface area contributed by atoms with Gasteiger partial charge in [-0.2, -0.15) is 0 Å². The van der Waals surface area contributed by atoms with E-state index in [2.05, 4.69) is 0 Å². The van der Waals surface area contributed by atoms with Crippen LogP contribution in [-0.4, -0.2) is 25.9 Å². The second kappa shape index (κ2) is 5.50. The van der Waals surface area contributed by atoms with E-state index < -0.39 is 5.91 Å². The van der Waals surface area contributed by atoms with E-state index in [1.807, 2.05) is 6.07 Å². The first-order valence-corrected chi connectivity index (χ1v) is 5.25. The van der Waals surface area contributed by atoms with Gasteiger partial charge in [0.25, 0.3) is 0 Å². The standard InChI is InChI=1S/C10H12NO3S/c1-13-7-4-3-5-8(14-2)10(7)15-6-9(11)12/h3-5,11H,6H2,1-2H3. The SMILES string of the molecule is COc1cccc(OC)c1SCC([NH])=O. The molecule has 0 aromatic heterocycles. The van der Waals surface area contributed by atoms with Gasteiger partial charge >= 0.3 is 0 Å². The Morgan fingerprint density at radius 2 is 1.87 bits per heavy atom. The van der Waals surface area contributed by atoms with E-state index in [-0.39, 0.29) is 5.75 Å². The second-order valence-corrected chi connectivity index (χ2v) is 3.69. The van der Waals surface area contributed by atoms with E-state index in [0.717, 1.165) is 4.90 Å². The average molecular weight is 226 g/mol. The summed E-state index contributed by atoms with van der Waals surface area (Å²) in [6.07, 6.45) is 0. The highest BCUT2D eigenvalue weighted by Gasteiger charge is 2.11. The number of rotatable bonds is 5. The molecule has 1 N–H and O–H groups in total. The van der Waals surface area contributed by atoms with Crippen LogP contribution >= 0.6 is 11.8 Å². The quantitative estimate of drug-likeness (QED) is 0.715. The number of carbonyl (C=O) groups excluding carboxylic acids is 1. The largest absolute Gasteiger partial charge is 0.495 e. The van der Waals surface area contributed by atoms with Crippen molar-refractivity contribution in [3.8, 4) is 11.5 Å². The summed E-state index contributed by atoms with van der Waals surface area (Å²) >= 11 is 1.24. The lowest BCUT2D eigenvalue weighted by molar-refractivity contribution is -0.116. The summed E-state index contributed by atoms with van der Waals surface area (Å²) in [5.41, 5.74) is 6.84. The van der Waals surface area contributed by atoms with Gasteiger partial charge in [-0.05, 0) is 12.1 Å². The maximum atomic E-state index is 10.6. The van der Waals surface area contributed by atoms with Crippen molar-refractivity contribution in [1.82, 2.24) is 5.73 Å². The topological polar surface area (TPSA) is 59.3 Å². The van der Waals surface area contributed by atoms with E-state index in [9.17, 15) is 4.79 Å². The molecule has 4 nitrogen and oxygen atoms in total. The Labute approximate surface area is 92.7 Å². The molecule has 0 aliphatic heterocycles. The van der Waals surface area contributed by atoms with Crippen LogP contribution in [0.25, 0.3) is 0 Å². The highest BCUT2D eigenvalue weighted by atomic mass is 32.2. The number of amides is 1. The van der Waals surface area contributed by atoms with Crippen LogP contribution in [0.5, 0.6) is 11.5 Å². The summed E-state index contributed by atoms with van der Waals surface area (Å²) in [7, 11) is 3.11. The van der Waals surface area contributed by atoms with Gasteiger partial charge in [-0.1, -0.05) is 6.07 Å². The third kappa shape index (κ3) is 3.06. The predicted molar refractivity (Wildman–Crippen MR) is 58.4 cm³/mol. The highest BCUT2D eigenvalue weighted by Crippen LogP contribution is 2.37. The molecule has 1 amide bonds. The van der Waals surface area contributed by atoms with Crippen LogP contribution in [0.1, 0.15) is 0 Å². The highest BCUT2D eigenvalue weighted by molar-refractivity contribution is 8.00. The maximum Gasteiger partial charge on any atom is 0.248 e. The van der Waals surface area contributed by atoms with Crippen molar-refractivity contribution >= 4 is 17.7 Å². The fraction of sp³-hybridized carbons (Fsp3) is 0.300. The van der Waals surface area contributed by atoms with Crippen LogP contribution in [0.4, 0.5) is 0 Å². The Morgan fingerprint density at radius 3 is 2.27 bits per heavy atom. The predicted octanol–water partition coefficient (Wildman–Crippen LogP) is 1.61. The molecule has 15 heavy (non-hydrogen) atoms. The Bertz CT molecular complexity index is 332. The van der Waals surface area contributed by atoms with Crippen molar-refractivity contribution in [2.24, 2.45) is 0 Å². The smallest absolute Gasteiger partial charge is 0.248 e. The molecule has 0 atom stereocenters. The van der Waals surface area contributed by atoms with Crippen LogP contribution in [-0.2, 0) is 4.79 Å². The molecular formula is C10H12NO3S. The third-order valence-electron chi connectivity index (χ3n) is 1.73. The minimum atomic E-state index is -0.618. The van der Waals surface area contributed by atoms with E-state index >= 15 is 0 Å². The molecule has 1 aromatic rings. The van der Waals surface area contributed by atoms with Gasteiger partial charge in [0.1, 0.15) is 11.5 Å². The molecule has 0 saturated carbocycles. The zero-order valence-corrected chi connectivity index (χ0v) is 9.39. The van der Waals surface area contributed by atoms with E-state index in [0.29, 0.717) is 11.5 Å². The van der Waals surface area contributed by atoms with Crippen molar-refractivity contribution in [1.29, 1.82) is 0 Å². The lowest BCUT2D eigenvalue weighted by Gasteiger charge is -2.11. The molecule has 0 saturated heterocycles. The van der Waals surface area contributed by atoms with Gasteiger partial charge in [-0.25, -0.2) is 0 Å². The first-order chi connectivity index (χ1) is 7.19. The molecule has 0 fully saturated rings. The van der Waals surface area contributed by atoms with Gasteiger partial charge in [-0.3, -0.25) is 10.5 Å². The normalized spacial score (nSPS) is 9.73. The minimum absolute atomic E-state index is 0.0940. The minimum Gasteiger partial charge on any atom is -0.495 e. The monoisotopic (exact) mass is 226 g/mol. The summed E-state index contributed by atoms with van der Waals surface area (Å²) in [4.78, 5) is 11.3. The van der Waals surface area contributed by atoms with Gasteiger partial charge in [0.15, 0.2) is 0 Å². The molecular weight excluding hydrogens is 214 g/mol. The lowest BCUT2D eigenvalue weighted by Crippen LogP contribution is -2.01. The third-order valence-corrected chi connectivity index (χ3v) is 2.83. The van der Waals surface area contributed by atoms with Crippen molar-refractivity contribution in [3.05, 3.63) is 18.2 Å². The summed E-state index contributed by atoms with van der Waals surface area (Å²) in [5, 5.41) is 0. The van der Waals surface area contributed by atoms with Crippen molar-refractivity contribution in [2.45, 2.75) is 4.90 Å². The Balaban J connectivity index is 2.94. The number of nitrogens with one attached hydrogen (secondary N) is 1. The number of ether oxygens (including phenoxy) is 2. The zero-order valence-electron chi connectivity index (χ0n) is 8.57. The first kappa shape index (κ1) is 11.7. The van der Waals surface area contributed by atoms with Gasteiger partial charge in [0.05, 0.1) is 24.9 Å². The molecule has 81 valence electrons. The summed E-state index contributed by atoms with van der Waals surface area (Å²) in [6, 6.07) is 5.39. The van der Waals surface area contributed by atoms with E-state index in [1.54, 1.807) is 26.4 Å². The van der Waals surface area contributed by atoms with Crippen molar-refractivity contribution in [3.63, 3.8) is 0 Å². The van der Waals surface area contributed by atoms with Crippen LogP contribution in [0, 0.1) is 0 Å². The number of benzene rings is 1. The number of thioether (sulfide) groups is 1. The van der Waals surface area contributed by atoms with Crippen LogP contribution in [0.3, 0.4) is 0 Å². The van der Waals surface area contributed by atoms with Crippen molar-refractivity contribution in [2.75, 3.05) is 20.0 Å². The zero-order chi connectivity index (χ0) is 11.3. The lowest BCUT2D eigenvalue weighted by atomic mass is 10.3. The van der Waals surface area contributed by atoms with Crippen LogP contribution < -0.4 is 15.2 Å². The number of carbonyl (C=O) groups is 1. The van der Waals surface area contributed by atoms with E-state index in [4.69, 9.17) is 15.2 Å². The Morgan fingerprint density at radius 1 is 1.33 bits per heavy atom. The van der Waals surface area contributed by atoms with Crippen molar-refractivity contribution < 1.29 is 14.3 Å². The summed E-state index contributed by atoms with van der Waals surface area (Å²) in [5.74, 6) is 0.783. The van der Waals surface area contributed by atoms with E-state index in [1.165, 1.54) is 11.8 Å². The number of methoxy groups -OCH3 is 2.